The molecule has 29 heavy (non-hydrogen) atoms. The Morgan fingerprint density at radius 3 is 2.66 bits per heavy atom. The number of benzene rings is 2. The van der Waals surface area contributed by atoms with E-state index in [-0.39, 0.29) is 0 Å². The fraction of sp³-hybridized carbons (Fsp3) is 0.500. The van der Waals surface area contributed by atoms with Crippen LogP contribution in [-0.2, 0) is 6.54 Å². The van der Waals surface area contributed by atoms with Crippen LogP contribution in [-0.4, -0.2) is 61.9 Å². The first-order valence-corrected chi connectivity index (χ1v) is 10.9. The van der Waals surface area contributed by atoms with E-state index in [1.165, 1.54) is 36.2 Å². The van der Waals surface area contributed by atoms with Crippen LogP contribution in [0.4, 0.5) is 5.69 Å². The van der Waals surface area contributed by atoms with Crippen molar-refractivity contribution in [2.75, 3.05) is 51.0 Å². The van der Waals surface area contributed by atoms with Crippen LogP contribution in [0.2, 0.25) is 0 Å². The zero-order chi connectivity index (χ0) is 19.6. The summed E-state index contributed by atoms with van der Waals surface area (Å²) in [6.07, 6.45) is 2.59. The lowest BCUT2D eigenvalue weighted by Gasteiger charge is -2.44. The average molecular weight is 394 g/mol. The highest BCUT2D eigenvalue weighted by atomic mass is 16.7. The molecule has 0 N–H and O–H groups in total. The molecule has 0 bridgehead atoms. The molecule has 5 rings (SSSR count). The highest BCUT2D eigenvalue weighted by Crippen LogP contribution is 2.36. The van der Waals surface area contributed by atoms with Gasteiger partial charge in [0, 0.05) is 56.6 Å². The summed E-state index contributed by atoms with van der Waals surface area (Å²) in [6, 6.07) is 15.7. The molecule has 0 spiro atoms. The molecule has 0 aromatic heterocycles. The fourth-order valence-electron chi connectivity index (χ4n) is 5.08. The topological polar surface area (TPSA) is 28.2 Å². The first-order valence-electron chi connectivity index (χ1n) is 10.9. The van der Waals surface area contributed by atoms with Crippen molar-refractivity contribution in [3.05, 3.63) is 53.6 Å². The first-order chi connectivity index (χ1) is 14.3. The number of piperidine rings is 1. The summed E-state index contributed by atoms with van der Waals surface area (Å²) in [5.74, 6) is 1.84. The number of hydrogen-bond acceptors (Lipinski definition) is 5. The molecule has 3 heterocycles. The van der Waals surface area contributed by atoms with E-state index in [0.717, 1.165) is 50.8 Å². The number of ether oxygens (including phenoxy) is 2. The van der Waals surface area contributed by atoms with Crippen LogP contribution in [0.1, 0.15) is 24.0 Å². The van der Waals surface area contributed by atoms with E-state index >= 15 is 0 Å². The van der Waals surface area contributed by atoms with E-state index in [2.05, 4.69) is 58.0 Å². The molecule has 1 atom stereocenters. The van der Waals surface area contributed by atoms with E-state index in [9.17, 15) is 0 Å². The summed E-state index contributed by atoms with van der Waals surface area (Å²) in [6.45, 7) is 10.4. The Hall–Kier alpha value is -2.24. The van der Waals surface area contributed by atoms with E-state index in [1.807, 2.05) is 6.07 Å². The molecular formula is C24H31N3O2. The third-order valence-corrected chi connectivity index (χ3v) is 6.64. The van der Waals surface area contributed by atoms with E-state index in [4.69, 9.17) is 9.47 Å². The van der Waals surface area contributed by atoms with Gasteiger partial charge in [-0.15, -0.1) is 0 Å². The van der Waals surface area contributed by atoms with Crippen LogP contribution in [0.25, 0.3) is 0 Å². The quantitative estimate of drug-likeness (QED) is 0.793. The van der Waals surface area contributed by atoms with Gasteiger partial charge in [-0.3, -0.25) is 9.80 Å². The predicted octanol–water partition coefficient (Wildman–Crippen LogP) is 3.51. The van der Waals surface area contributed by atoms with Crippen LogP contribution in [0.3, 0.4) is 0 Å². The van der Waals surface area contributed by atoms with E-state index in [1.54, 1.807) is 0 Å². The molecule has 3 aliphatic rings. The highest BCUT2D eigenvalue weighted by Gasteiger charge is 2.29. The SMILES string of the molecule is Cc1ccccc1N1CCN([C@@H]2CCCN(Cc3cccc4c3OCO4)C2)CC1. The first kappa shape index (κ1) is 18.8. The van der Waals surface area contributed by atoms with Gasteiger partial charge in [0.15, 0.2) is 11.5 Å². The van der Waals surface area contributed by atoms with Crippen molar-refractivity contribution >= 4 is 5.69 Å². The van der Waals surface area contributed by atoms with Crippen molar-refractivity contribution in [2.45, 2.75) is 32.4 Å². The molecule has 2 aromatic carbocycles. The van der Waals surface area contributed by atoms with Gasteiger partial charge in [-0.1, -0.05) is 30.3 Å². The minimum atomic E-state index is 0.347. The Labute approximate surface area is 173 Å². The van der Waals surface area contributed by atoms with Gasteiger partial charge < -0.3 is 14.4 Å². The number of anilines is 1. The molecule has 0 radical (unpaired) electrons. The van der Waals surface area contributed by atoms with Crippen LogP contribution >= 0.6 is 0 Å². The molecule has 0 aliphatic carbocycles. The second-order valence-corrected chi connectivity index (χ2v) is 8.49. The molecule has 5 nitrogen and oxygen atoms in total. The summed E-state index contributed by atoms with van der Waals surface area (Å²) in [5, 5.41) is 0. The molecule has 2 aromatic rings. The number of hydrogen-bond donors (Lipinski definition) is 0. The van der Waals surface area contributed by atoms with Gasteiger partial charge in [-0.05, 0) is 44.0 Å². The molecule has 2 fully saturated rings. The second kappa shape index (κ2) is 8.25. The highest BCUT2D eigenvalue weighted by molar-refractivity contribution is 5.53. The Kier molecular flexibility index (Phi) is 5.34. The van der Waals surface area contributed by atoms with Gasteiger partial charge >= 0.3 is 0 Å². The number of nitrogens with zero attached hydrogens (tertiary/aromatic N) is 3. The van der Waals surface area contributed by atoms with E-state index < -0.39 is 0 Å². The normalized spacial score (nSPS) is 22.8. The number of rotatable bonds is 4. The number of piperazine rings is 1. The average Bonchev–Trinajstić information content (AvgIpc) is 3.25. The van der Waals surface area contributed by atoms with Crippen LogP contribution in [0.15, 0.2) is 42.5 Å². The smallest absolute Gasteiger partial charge is 0.231 e. The van der Waals surface area contributed by atoms with Gasteiger partial charge in [0.25, 0.3) is 0 Å². The minimum absolute atomic E-state index is 0.347. The summed E-state index contributed by atoms with van der Waals surface area (Å²) in [4.78, 5) is 7.87. The second-order valence-electron chi connectivity index (χ2n) is 8.49. The Morgan fingerprint density at radius 1 is 0.931 bits per heavy atom. The number of para-hydroxylation sites is 2. The van der Waals surface area contributed by atoms with Gasteiger partial charge in [-0.2, -0.15) is 0 Å². The lowest BCUT2D eigenvalue weighted by atomic mass is 10.0. The minimum Gasteiger partial charge on any atom is -0.454 e. The Balaban J connectivity index is 1.19. The Bertz CT molecular complexity index is 848. The van der Waals surface area contributed by atoms with Gasteiger partial charge in [0.2, 0.25) is 6.79 Å². The molecule has 3 aliphatic heterocycles. The summed E-state index contributed by atoms with van der Waals surface area (Å²) in [7, 11) is 0. The van der Waals surface area contributed by atoms with Gasteiger partial charge in [-0.25, -0.2) is 0 Å². The van der Waals surface area contributed by atoms with Gasteiger partial charge in [0.05, 0.1) is 0 Å². The lowest BCUT2D eigenvalue weighted by molar-refractivity contribution is 0.0880. The van der Waals surface area contributed by atoms with E-state index in [0.29, 0.717) is 12.8 Å². The standard InChI is InChI=1S/C24H31N3O2/c1-19-6-2-3-9-22(19)27-14-12-26(13-15-27)21-8-5-11-25(17-21)16-20-7-4-10-23-24(20)29-18-28-23/h2-4,6-7,9-10,21H,5,8,11-18H2,1H3/t21-/m1/s1. The predicted molar refractivity (Wildman–Crippen MR) is 116 cm³/mol. The van der Waals surface area contributed by atoms with Crippen molar-refractivity contribution < 1.29 is 9.47 Å². The van der Waals surface area contributed by atoms with Crippen molar-refractivity contribution in [1.29, 1.82) is 0 Å². The summed E-state index contributed by atoms with van der Waals surface area (Å²) >= 11 is 0. The molecule has 2 saturated heterocycles. The summed E-state index contributed by atoms with van der Waals surface area (Å²) < 4.78 is 11.3. The van der Waals surface area contributed by atoms with Crippen molar-refractivity contribution in [2.24, 2.45) is 0 Å². The van der Waals surface area contributed by atoms with Crippen molar-refractivity contribution in [1.82, 2.24) is 9.80 Å². The monoisotopic (exact) mass is 393 g/mol. The van der Waals surface area contributed by atoms with Crippen LogP contribution < -0.4 is 14.4 Å². The molecule has 5 heteroatoms. The van der Waals surface area contributed by atoms with Crippen molar-refractivity contribution in [3.63, 3.8) is 0 Å². The van der Waals surface area contributed by atoms with Crippen LogP contribution in [0, 0.1) is 6.92 Å². The van der Waals surface area contributed by atoms with Crippen molar-refractivity contribution in [3.8, 4) is 11.5 Å². The molecular weight excluding hydrogens is 362 g/mol. The number of likely N-dealkylation sites (tertiary alicyclic amines) is 1. The number of fused-ring (bicyclic) bond motifs is 1. The molecule has 154 valence electrons. The molecule has 0 saturated carbocycles. The third-order valence-electron chi connectivity index (χ3n) is 6.64. The lowest BCUT2D eigenvalue weighted by Crippen LogP contribution is -2.55. The maximum atomic E-state index is 5.71. The number of aryl methyl sites for hydroxylation is 1. The molecule has 0 unspecified atom stereocenters. The fourth-order valence-corrected chi connectivity index (χ4v) is 5.08. The zero-order valence-corrected chi connectivity index (χ0v) is 17.3. The summed E-state index contributed by atoms with van der Waals surface area (Å²) in [5.41, 5.74) is 4.04. The maximum Gasteiger partial charge on any atom is 0.231 e. The Morgan fingerprint density at radius 2 is 1.79 bits per heavy atom. The van der Waals surface area contributed by atoms with Gasteiger partial charge in [0.1, 0.15) is 0 Å². The maximum absolute atomic E-state index is 5.71. The molecule has 0 amide bonds. The third kappa shape index (κ3) is 3.94. The largest absolute Gasteiger partial charge is 0.454 e. The zero-order valence-electron chi connectivity index (χ0n) is 17.3. The van der Waals surface area contributed by atoms with Crippen LogP contribution in [0.5, 0.6) is 11.5 Å².